The van der Waals surface area contributed by atoms with Crippen molar-refractivity contribution in [1.82, 2.24) is 5.32 Å². The highest BCUT2D eigenvalue weighted by Crippen LogP contribution is 2.18. The van der Waals surface area contributed by atoms with Crippen molar-refractivity contribution in [3.05, 3.63) is 29.8 Å². The summed E-state index contributed by atoms with van der Waals surface area (Å²) in [5.41, 5.74) is 5.95. The molecule has 1 unspecified atom stereocenters. The van der Waals surface area contributed by atoms with Gasteiger partial charge in [-0.25, -0.2) is 8.42 Å². The Morgan fingerprint density at radius 2 is 1.86 bits per heavy atom. The number of hydrogen-bond donors (Lipinski definition) is 3. The Morgan fingerprint density at radius 1 is 1.24 bits per heavy atom. The number of benzene rings is 1. The fourth-order valence-electron chi connectivity index (χ4n) is 1.54. The van der Waals surface area contributed by atoms with Gasteiger partial charge in [0, 0.05) is 13.1 Å². The molecule has 0 fully saturated rings. The fourth-order valence-corrected chi connectivity index (χ4v) is 2.48. The maximum atomic E-state index is 12.1. The molecule has 0 saturated carbocycles. The van der Waals surface area contributed by atoms with Crippen molar-refractivity contribution in [2.45, 2.75) is 26.0 Å². The summed E-state index contributed by atoms with van der Waals surface area (Å²) in [5, 5.41) is 2.04. The highest BCUT2D eigenvalue weighted by molar-refractivity contribution is 7.93. The molecule has 21 heavy (non-hydrogen) atoms. The predicted octanol–water partition coefficient (Wildman–Crippen LogP) is 1.16. The second kappa shape index (κ2) is 7.42. The number of para-hydroxylation sites is 1. The van der Waals surface area contributed by atoms with Crippen molar-refractivity contribution < 1.29 is 13.2 Å². The minimum Gasteiger partial charge on any atom is -0.352 e. The van der Waals surface area contributed by atoms with Gasteiger partial charge in [-0.2, -0.15) is 0 Å². The molecule has 0 radical (unpaired) electrons. The van der Waals surface area contributed by atoms with Crippen molar-refractivity contribution in [1.29, 1.82) is 0 Å². The van der Waals surface area contributed by atoms with Crippen LogP contribution in [-0.4, -0.2) is 32.7 Å². The van der Waals surface area contributed by atoms with Gasteiger partial charge >= 0.3 is 0 Å². The van der Waals surface area contributed by atoms with Crippen LogP contribution >= 0.6 is 0 Å². The number of amides is 1. The Bertz CT molecular complexity index is 585. The van der Waals surface area contributed by atoms with Crippen LogP contribution < -0.4 is 15.8 Å². The van der Waals surface area contributed by atoms with Crippen molar-refractivity contribution >= 4 is 21.6 Å². The first-order valence-electron chi connectivity index (χ1n) is 6.86. The Kier molecular flexibility index (Phi) is 6.17. The molecule has 0 heterocycles. The lowest BCUT2D eigenvalue weighted by Crippen LogP contribution is -2.33. The molecule has 0 bridgehead atoms. The number of sulfonamides is 1. The van der Waals surface area contributed by atoms with Gasteiger partial charge in [-0.05, 0) is 25.0 Å². The molecule has 0 aliphatic heterocycles. The zero-order valence-electron chi connectivity index (χ0n) is 12.6. The monoisotopic (exact) mass is 313 g/mol. The Labute approximate surface area is 126 Å². The standard InChI is InChI=1S/C14H23N3O3S/c1-10(2)9-16-14(18)12-6-4-5-7-13(12)17-21(19,20)11(3)8-15/h4-7,10-11,17H,8-9,15H2,1-3H3,(H,16,18). The number of carbonyl (C=O) groups excluding carboxylic acids is 1. The first-order chi connectivity index (χ1) is 9.77. The molecule has 0 spiro atoms. The first-order valence-corrected chi connectivity index (χ1v) is 8.41. The summed E-state index contributed by atoms with van der Waals surface area (Å²) in [7, 11) is -3.61. The van der Waals surface area contributed by atoms with E-state index < -0.39 is 15.3 Å². The lowest BCUT2D eigenvalue weighted by atomic mass is 10.1. The van der Waals surface area contributed by atoms with Gasteiger partial charge in [0.1, 0.15) is 0 Å². The summed E-state index contributed by atoms with van der Waals surface area (Å²) in [4.78, 5) is 12.1. The van der Waals surface area contributed by atoms with Gasteiger partial charge in [-0.1, -0.05) is 26.0 Å². The van der Waals surface area contributed by atoms with Crippen LogP contribution in [0.2, 0.25) is 0 Å². The van der Waals surface area contributed by atoms with E-state index in [4.69, 9.17) is 5.73 Å². The summed E-state index contributed by atoms with van der Waals surface area (Å²) >= 11 is 0. The number of anilines is 1. The largest absolute Gasteiger partial charge is 0.352 e. The van der Waals surface area contributed by atoms with Gasteiger partial charge in [-0.3, -0.25) is 9.52 Å². The van der Waals surface area contributed by atoms with Crippen molar-refractivity contribution in [3.63, 3.8) is 0 Å². The molecule has 0 aliphatic carbocycles. The third-order valence-electron chi connectivity index (χ3n) is 2.96. The lowest BCUT2D eigenvalue weighted by Gasteiger charge is -2.16. The molecule has 1 atom stereocenters. The van der Waals surface area contributed by atoms with Crippen LogP contribution in [-0.2, 0) is 10.0 Å². The van der Waals surface area contributed by atoms with E-state index in [0.29, 0.717) is 18.0 Å². The molecule has 6 nitrogen and oxygen atoms in total. The number of hydrogen-bond acceptors (Lipinski definition) is 4. The lowest BCUT2D eigenvalue weighted by molar-refractivity contribution is 0.0950. The molecule has 0 aromatic heterocycles. The van der Waals surface area contributed by atoms with Crippen LogP contribution in [0.4, 0.5) is 5.69 Å². The van der Waals surface area contributed by atoms with Gasteiger partial charge in [0.2, 0.25) is 10.0 Å². The van der Waals surface area contributed by atoms with Crippen LogP contribution in [0.25, 0.3) is 0 Å². The average Bonchev–Trinajstić information content (AvgIpc) is 2.43. The second-order valence-corrected chi connectivity index (χ2v) is 7.44. The van der Waals surface area contributed by atoms with E-state index in [9.17, 15) is 13.2 Å². The summed E-state index contributed by atoms with van der Waals surface area (Å²) in [6.07, 6.45) is 0. The summed E-state index contributed by atoms with van der Waals surface area (Å²) < 4.78 is 26.5. The third kappa shape index (κ3) is 5.02. The fraction of sp³-hybridized carbons (Fsp3) is 0.500. The minimum absolute atomic E-state index is 0.0110. The summed E-state index contributed by atoms with van der Waals surface area (Å²) in [6, 6.07) is 6.50. The van der Waals surface area contributed by atoms with E-state index >= 15 is 0 Å². The van der Waals surface area contributed by atoms with Gasteiger partial charge in [0.25, 0.3) is 5.91 Å². The van der Waals surface area contributed by atoms with E-state index in [2.05, 4.69) is 10.0 Å². The van der Waals surface area contributed by atoms with Gasteiger partial charge in [-0.15, -0.1) is 0 Å². The van der Waals surface area contributed by atoms with Crippen LogP contribution in [0.5, 0.6) is 0 Å². The Hall–Kier alpha value is -1.60. The molecule has 4 N–H and O–H groups in total. The predicted molar refractivity (Wildman–Crippen MR) is 84.7 cm³/mol. The Balaban J connectivity index is 2.97. The summed E-state index contributed by atoms with van der Waals surface area (Å²) in [6.45, 7) is 6.02. The normalized spacial score (nSPS) is 13.0. The van der Waals surface area contributed by atoms with Crippen LogP contribution in [0.15, 0.2) is 24.3 Å². The highest BCUT2D eigenvalue weighted by atomic mass is 32.2. The van der Waals surface area contributed by atoms with Crippen LogP contribution in [0, 0.1) is 5.92 Å². The van der Waals surface area contributed by atoms with Crippen molar-refractivity contribution in [2.24, 2.45) is 11.7 Å². The molecule has 7 heteroatoms. The summed E-state index contributed by atoms with van der Waals surface area (Å²) in [5.74, 6) is 0.0115. The molecular weight excluding hydrogens is 290 g/mol. The topological polar surface area (TPSA) is 101 Å². The Morgan fingerprint density at radius 3 is 2.43 bits per heavy atom. The van der Waals surface area contributed by atoms with E-state index in [1.54, 1.807) is 24.3 Å². The van der Waals surface area contributed by atoms with Crippen LogP contribution in [0.1, 0.15) is 31.1 Å². The molecule has 118 valence electrons. The molecule has 1 aromatic carbocycles. The van der Waals surface area contributed by atoms with Gasteiger partial charge in [0.15, 0.2) is 0 Å². The highest BCUT2D eigenvalue weighted by Gasteiger charge is 2.21. The quantitative estimate of drug-likeness (QED) is 0.703. The van der Waals surface area contributed by atoms with Gasteiger partial charge < -0.3 is 11.1 Å². The zero-order valence-corrected chi connectivity index (χ0v) is 13.4. The molecule has 1 rings (SSSR count). The van der Waals surface area contributed by atoms with E-state index in [0.717, 1.165) is 0 Å². The molecule has 1 amide bonds. The van der Waals surface area contributed by atoms with E-state index in [1.807, 2.05) is 13.8 Å². The molecular formula is C14H23N3O3S. The van der Waals surface area contributed by atoms with Crippen molar-refractivity contribution in [2.75, 3.05) is 17.8 Å². The van der Waals surface area contributed by atoms with Crippen molar-refractivity contribution in [3.8, 4) is 0 Å². The number of nitrogens with two attached hydrogens (primary N) is 1. The third-order valence-corrected chi connectivity index (χ3v) is 4.71. The molecule has 1 aromatic rings. The number of rotatable bonds is 7. The molecule has 0 saturated heterocycles. The van der Waals surface area contributed by atoms with E-state index in [-0.39, 0.29) is 18.1 Å². The van der Waals surface area contributed by atoms with Crippen LogP contribution in [0.3, 0.4) is 0 Å². The minimum atomic E-state index is -3.61. The molecule has 0 aliphatic rings. The zero-order chi connectivity index (χ0) is 16.0. The SMILES string of the molecule is CC(C)CNC(=O)c1ccccc1NS(=O)(=O)C(C)CN. The first kappa shape index (κ1) is 17.5. The van der Waals surface area contributed by atoms with Gasteiger partial charge in [0.05, 0.1) is 16.5 Å². The second-order valence-electron chi connectivity index (χ2n) is 5.34. The maximum absolute atomic E-state index is 12.1. The maximum Gasteiger partial charge on any atom is 0.253 e. The smallest absolute Gasteiger partial charge is 0.253 e. The van der Waals surface area contributed by atoms with E-state index in [1.165, 1.54) is 6.92 Å². The average molecular weight is 313 g/mol. The number of carbonyl (C=O) groups is 1. The number of nitrogens with one attached hydrogen (secondary N) is 2.